The third-order valence-electron chi connectivity index (χ3n) is 4.01. The Labute approximate surface area is 148 Å². The lowest BCUT2D eigenvalue weighted by atomic mass is 10.1. The van der Waals surface area contributed by atoms with Crippen LogP contribution in [-0.2, 0) is 11.3 Å². The zero-order chi connectivity index (χ0) is 17.7. The SMILES string of the molecule is Cc1ccc(NC(=O)CCN(C)Cc2csc(C(C)C)n2)cc1C. The number of nitrogens with zero attached hydrogens (tertiary/aromatic N) is 2. The molecule has 0 atom stereocenters. The van der Waals surface area contributed by atoms with Crippen molar-refractivity contribution in [1.82, 2.24) is 9.88 Å². The molecule has 0 fully saturated rings. The molecule has 2 rings (SSSR count). The molecule has 0 radical (unpaired) electrons. The number of aromatic nitrogens is 1. The molecule has 1 aromatic heterocycles. The summed E-state index contributed by atoms with van der Waals surface area (Å²) in [6.45, 7) is 9.93. The van der Waals surface area contributed by atoms with Crippen LogP contribution in [0, 0.1) is 13.8 Å². The Morgan fingerprint density at radius 2 is 2.04 bits per heavy atom. The van der Waals surface area contributed by atoms with Gasteiger partial charge in [0.25, 0.3) is 0 Å². The Morgan fingerprint density at radius 1 is 1.29 bits per heavy atom. The van der Waals surface area contributed by atoms with Gasteiger partial charge in [-0.1, -0.05) is 19.9 Å². The number of amides is 1. The normalized spacial score (nSPS) is 11.3. The summed E-state index contributed by atoms with van der Waals surface area (Å²) in [5.41, 5.74) is 4.37. The molecule has 1 aromatic carbocycles. The summed E-state index contributed by atoms with van der Waals surface area (Å²) in [6.07, 6.45) is 0.477. The first-order valence-electron chi connectivity index (χ1n) is 8.35. The second-order valence-electron chi connectivity index (χ2n) is 6.67. The molecule has 0 aliphatic carbocycles. The minimum atomic E-state index is 0.0475. The number of carbonyl (C=O) groups is 1. The summed E-state index contributed by atoms with van der Waals surface area (Å²) in [6, 6.07) is 6.00. The largest absolute Gasteiger partial charge is 0.326 e. The van der Waals surface area contributed by atoms with E-state index in [1.54, 1.807) is 11.3 Å². The van der Waals surface area contributed by atoms with E-state index in [9.17, 15) is 4.79 Å². The van der Waals surface area contributed by atoms with Crippen molar-refractivity contribution in [3.05, 3.63) is 45.4 Å². The van der Waals surface area contributed by atoms with Crippen LogP contribution in [0.25, 0.3) is 0 Å². The molecule has 0 aliphatic rings. The second-order valence-corrected chi connectivity index (χ2v) is 7.56. The molecule has 130 valence electrons. The average Bonchev–Trinajstić information content (AvgIpc) is 2.98. The summed E-state index contributed by atoms with van der Waals surface area (Å²) < 4.78 is 0. The molecule has 0 aliphatic heterocycles. The highest BCUT2D eigenvalue weighted by atomic mass is 32.1. The van der Waals surface area contributed by atoms with E-state index in [1.165, 1.54) is 16.1 Å². The predicted octanol–water partition coefficient (Wildman–Crippen LogP) is 4.34. The molecule has 0 unspecified atom stereocenters. The van der Waals surface area contributed by atoms with Crippen LogP contribution in [0.5, 0.6) is 0 Å². The van der Waals surface area contributed by atoms with E-state index in [1.807, 2.05) is 25.2 Å². The van der Waals surface area contributed by atoms with Gasteiger partial charge in [-0.25, -0.2) is 4.98 Å². The van der Waals surface area contributed by atoms with Gasteiger partial charge in [0.2, 0.25) is 5.91 Å². The third kappa shape index (κ3) is 5.42. The predicted molar refractivity (Wildman–Crippen MR) is 102 cm³/mol. The topological polar surface area (TPSA) is 45.2 Å². The van der Waals surface area contributed by atoms with Crippen LogP contribution in [0.3, 0.4) is 0 Å². The number of benzene rings is 1. The Kier molecular flexibility index (Phi) is 6.52. The first-order chi connectivity index (χ1) is 11.3. The minimum absolute atomic E-state index is 0.0475. The van der Waals surface area contributed by atoms with Gasteiger partial charge in [0.15, 0.2) is 0 Å². The van der Waals surface area contributed by atoms with Crippen molar-refractivity contribution >= 4 is 22.9 Å². The molecule has 4 nitrogen and oxygen atoms in total. The number of hydrogen-bond donors (Lipinski definition) is 1. The maximum absolute atomic E-state index is 12.1. The summed E-state index contributed by atoms with van der Waals surface area (Å²) in [7, 11) is 2.03. The Bertz CT molecular complexity index is 694. The molecule has 2 aromatic rings. The van der Waals surface area contributed by atoms with Gasteiger partial charge in [-0.05, 0) is 44.2 Å². The number of hydrogen-bond acceptors (Lipinski definition) is 4. The van der Waals surface area contributed by atoms with Gasteiger partial charge in [-0.2, -0.15) is 0 Å². The molecule has 0 spiro atoms. The molecule has 0 saturated carbocycles. The van der Waals surface area contributed by atoms with Gasteiger partial charge in [-0.15, -0.1) is 11.3 Å². The zero-order valence-electron chi connectivity index (χ0n) is 15.2. The molecule has 0 bridgehead atoms. The highest BCUT2D eigenvalue weighted by molar-refractivity contribution is 7.09. The van der Waals surface area contributed by atoms with E-state index in [0.717, 1.165) is 17.9 Å². The lowest BCUT2D eigenvalue weighted by Gasteiger charge is -2.15. The minimum Gasteiger partial charge on any atom is -0.326 e. The Morgan fingerprint density at radius 3 is 2.67 bits per heavy atom. The smallest absolute Gasteiger partial charge is 0.225 e. The summed E-state index contributed by atoms with van der Waals surface area (Å²) in [4.78, 5) is 18.9. The first-order valence-corrected chi connectivity index (χ1v) is 9.23. The fraction of sp³-hybridized carbons (Fsp3) is 0.474. The molecular weight excluding hydrogens is 318 g/mol. The van der Waals surface area contributed by atoms with Crippen LogP contribution in [0.1, 0.15) is 48.0 Å². The van der Waals surface area contributed by atoms with E-state index in [0.29, 0.717) is 18.9 Å². The van der Waals surface area contributed by atoms with Gasteiger partial charge >= 0.3 is 0 Å². The first kappa shape index (κ1) is 18.6. The maximum atomic E-state index is 12.1. The summed E-state index contributed by atoms with van der Waals surface area (Å²) in [5, 5.41) is 6.25. The summed E-state index contributed by atoms with van der Waals surface area (Å²) in [5.74, 6) is 0.518. The van der Waals surface area contributed by atoms with Gasteiger partial charge < -0.3 is 10.2 Å². The molecule has 1 heterocycles. The van der Waals surface area contributed by atoms with E-state index in [2.05, 4.69) is 48.3 Å². The van der Waals surface area contributed by atoms with Crippen molar-refractivity contribution in [2.24, 2.45) is 0 Å². The maximum Gasteiger partial charge on any atom is 0.225 e. The molecule has 5 heteroatoms. The van der Waals surface area contributed by atoms with Gasteiger partial charge in [0, 0.05) is 36.5 Å². The van der Waals surface area contributed by atoms with Crippen LogP contribution in [0.2, 0.25) is 0 Å². The number of nitrogens with one attached hydrogen (secondary N) is 1. The number of anilines is 1. The van der Waals surface area contributed by atoms with Crippen molar-refractivity contribution in [2.75, 3.05) is 18.9 Å². The number of carbonyl (C=O) groups excluding carboxylic acids is 1. The van der Waals surface area contributed by atoms with Crippen LogP contribution in [-0.4, -0.2) is 29.4 Å². The van der Waals surface area contributed by atoms with Crippen LogP contribution < -0.4 is 5.32 Å². The number of rotatable bonds is 7. The second kappa shape index (κ2) is 8.40. The van der Waals surface area contributed by atoms with Crippen LogP contribution >= 0.6 is 11.3 Å². The van der Waals surface area contributed by atoms with Crippen molar-refractivity contribution in [3.63, 3.8) is 0 Å². The van der Waals surface area contributed by atoms with Gasteiger partial charge in [0.05, 0.1) is 10.7 Å². The van der Waals surface area contributed by atoms with Crippen molar-refractivity contribution in [3.8, 4) is 0 Å². The van der Waals surface area contributed by atoms with Crippen molar-refractivity contribution in [2.45, 2.75) is 46.6 Å². The average molecular weight is 346 g/mol. The monoisotopic (exact) mass is 345 g/mol. The standard InChI is InChI=1S/C19H27N3OS/c1-13(2)19-21-17(12-24-19)11-22(5)9-8-18(23)20-16-7-6-14(3)15(4)10-16/h6-7,10,12-13H,8-9,11H2,1-5H3,(H,20,23). The Balaban J connectivity index is 1.78. The lowest BCUT2D eigenvalue weighted by molar-refractivity contribution is -0.116. The molecule has 0 saturated heterocycles. The fourth-order valence-corrected chi connectivity index (χ4v) is 3.18. The van der Waals surface area contributed by atoms with Crippen molar-refractivity contribution in [1.29, 1.82) is 0 Å². The van der Waals surface area contributed by atoms with E-state index in [4.69, 9.17) is 0 Å². The molecule has 1 N–H and O–H groups in total. The molecule has 24 heavy (non-hydrogen) atoms. The Hall–Kier alpha value is -1.72. The van der Waals surface area contributed by atoms with Gasteiger partial charge in [0.1, 0.15) is 0 Å². The number of thiazole rings is 1. The fourth-order valence-electron chi connectivity index (χ4n) is 2.35. The number of aryl methyl sites for hydroxylation is 2. The zero-order valence-corrected chi connectivity index (χ0v) is 16.0. The third-order valence-corrected chi connectivity index (χ3v) is 5.20. The molecule has 1 amide bonds. The van der Waals surface area contributed by atoms with Crippen molar-refractivity contribution < 1.29 is 4.79 Å². The summed E-state index contributed by atoms with van der Waals surface area (Å²) >= 11 is 1.71. The lowest BCUT2D eigenvalue weighted by Crippen LogP contribution is -2.24. The quantitative estimate of drug-likeness (QED) is 0.812. The van der Waals surface area contributed by atoms with Crippen LogP contribution in [0.4, 0.5) is 5.69 Å². The van der Waals surface area contributed by atoms with E-state index >= 15 is 0 Å². The van der Waals surface area contributed by atoms with Crippen LogP contribution in [0.15, 0.2) is 23.6 Å². The molecular formula is C19H27N3OS. The highest BCUT2D eigenvalue weighted by Crippen LogP contribution is 2.20. The van der Waals surface area contributed by atoms with E-state index in [-0.39, 0.29) is 5.91 Å². The highest BCUT2D eigenvalue weighted by Gasteiger charge is 2.10. The van der Waals surface area contributed by atoms with E-state index < -0.39 is 0 Å². The van der Waals surface area contributed by atoms with Gasteiger partial charge in [-0.3, -0.25) is 4.79 Å².